The smallest absolute Gasteiger partial charge is 0.276 e. The van der Waals surface area contributed by atoms with Crippen LogP contribution in [0.5, 0.6) is 5.75 Å². The number of hydrogen-bond acceptors (Lipinski definition) is 4. The Bertz CT molecular complexity index is 1380. The van der Waals surface area contributed by atoms with Gasteiger partial charge in [0.25, 0.3) is 5.91 Å². The van der Waals surface area contributed by atoms with Crippen LogP contribution < -0.4 is 10.1 Å². The molecule has 0 fully saturated rings. The van der Waals surface area contributed by atoms with Gasteiger partial charge in [-0.1, -0.05) is 62.2 Å². The van der Waals surface area contributed by atoms with Gasteiger partial charge in [0, 0.05) is 6.20 Å². The molecule has 0 aliphatic rings. The zero-order valence-electron chi connectivity index (χ0n) is 21.0. The number of carbonyl (C=O) groups excluding carboxylic acids is 1. The number of hydrogen-bond donors (Lipinski definition) is 1. The van der Waals surface area contributed by atoms with Gasteiger partial charge in [0.2, 0.25) is 0 Å². The molecule has 0 spiro atoms. The van der Waals surface area contributed by atoms with E-state index in [0.717, 1.165) is 17.0 Å². The molecule has 7 nitrogen and oxygen atoms in total. The Labute approximate surface area is 221 Å². The molecule has 1 amide bonds. The van der Waals surface area contributed by atoms with Crippen LogP contribution in [-0.4, -0.2) is 25.5 Å². The molecular formula is C27H29Cl2N5O2. The number of nitrogens with zero attached hydrogens (tertiary/aromatic N) is 4. The van der Waals surface area contributed by atoms with Crippen molar-refractivity contribution in [3.63, 3.8) is 0 Å². The summed E-state index contributed by atoms with van der Waals surface area (Å²) in [7, 11) is 0. The van der Waals surface area contributed by atoms with Crippen LogP contribution in [0.4, 0.5) is 5.69 Å². The summed E-state index contributed by atoms with van der Waals surface area (Å²) in [5, 5.41) is 12.9. The Morgan fingerprint density at radius 3 is 2.39 bits per heavy atom. The topological polar surface area (TPSA) is 74.0 Å². The zero-order valence-corrected chi connectivity index (χ0v) is 22.5. The average Bonchev–Trinajstić information content (AvgIpc) is 3.40. The highest BCUT2D eigenvalue weighted by atomic mass is 35.5. The van der Waals surface area contributed by atoms with Crippen LogP contribution in [0.1, 0.15) is 53.8 Å². The molecule has 0 aliphatic heterocycles. The van der Waals surface area contributed by atoms with Crippen molar-refractivity contribution in [2.75, 3.05) is 5.32 Å². The number of anilines is 1. The van der Waals surface area contributed by atoms with Gasteiger partial charge in [-0.15, -0.1) is 0 Å². The molecule has 2 aromatic heterocycles. The maximum atomic E-state index is 12.9. The van der Waals surface area contributed by atoms with Crippen molar-refractivity contribution in [1.29, 1.82) is 0 Å². The lowest BCUT2D eigenvalue weighted by molar-refractivity contribution is 0.102. The first kappa shape index (κ1) is 25.8. The minimum Gasteiger partial charge on any atom is -0.471 e. The number of rotatable bonds is 7. The highest BCUT2D eigenvalue weighted by Gasteiger charge is 2.18. The molecule has 0 radical (unpaired) electrons. The van der Waals surface area contributed by atoms with Gasteiger partial charge >= 0.3 is 0 Å². The Balaban J connectivity index is 1.39. The Hall–Kier alpha value is -3.29. The number of aryl methyl sites for hydroxylation is 1. The second-order valence-corrected chi connectivity index (χ2v) is 10.5. The van der Waals surface area contributed by atoms with E-state index in [4.69, 9.17) is 27.9 Å². The van der Waals surface area contributed by atoms with Gasteiger partial charge in [0.15, 0.2) is 12.4 Å². The van der Waals surface area contributed by atoms with Gasteiger partial charge in [-0.3, -0.25) is 9.48 Å². The Morgan fingerprint density at radius 2 is 1.72 bits per heavy atom. The molecule has 0 aliphatic carbocycles. The fourth-order valence-corrected chi connectivity index (χ4v) is 4.09. The third-order valence-corrected chi connectivity index (χ3v) is 6.63. The van der Waals surface area contributed by atoms with Crippen LogP contribution in [-0.2, 0) is 18.7 Å². The van der Waals surface area contributed by atoms with Crippen molar-refractivity contribution in [2.45, 2.75) is 53.3 Å². The quantitative estimate of drug-likeness (QED) is 0.293. The largest absolute Gasteiger partial charge is 0.471 e. The SMILES string of the molecule is Cc1nn(Cc2ccc(Cl)c(Cl)c2)c(C)c1NC(=O)c1ccn(COc2ccc(C(C)(C)C)cc2)n1. The summed E-state index contributed by atoms with van der Waals surface area (Å²) in [5.41, 5.74) is 4.76. The summed E-state index contributed by atoms with van der Waals surface area (Å²) in [6.45, 7) is 11.0. The average molecular weight is 526 g/mol. The monoisotopic (exact) mass is 525 g/mol. The number of aromatic nitrogens is 4. The van der Waals surface area contributed by atoms with E-state index in [-0.39, 0.29) is 23.7 Å². The van der Waals surface area contributed by atoms with Crippen molar-refractivity contribution in [3.8, 4) is 5.75 Å². The third kappa shape index (κ3) is 5.91. The molecule has 4 aromatic rings. The summed E-state index contributed by atoms with van der Waals surface area (Å²) in [5.74, 6) is 0.425. The molecule has 2 aromatic carbocycles. The first-order valence-corrected chi connectivity index (χ1v) is 12.3. The molecule has 0 unspecified atom stereocenters. The van der Waals surface area contributed by atoms with E-state index in [2.05, 4.69) is 48.4 Å². The van der Waals surface area contributed by atoms with E-state index >= 15 is 0 Å². The first-order chi connectivity index (χ1) is 17.0. The highest BCUT2D eigenvalue weighted by molar-refractivity contribution is 6.42. The number of halogens is 2. The number of ether oxygens (including phenoxy) is 1. The van der Waals surface area contributed by atoms with E-state index in [0.29, 0.717) is 28.0 Å². The predicted molar refractivity (Wildman–Crippen MR) is 143 cm³/mol. The molecule has 0 saturated carbocycles. The van der Waals surface area contributed by atoms with E-state index < -0.39 is 0 Å². The highest BCUT2D eigenvalue weighted by Crippen LogP contribution is 2.26. The fraction of sp³-hybridized carbons (Fsp3) is 0.296. The summed E-state index contributed by atoms with van der Waals surface area (Å²) in [6.07, 6.45) is 1.71. The van der Waals surface area contributed by atoms with Crippen LogP contribution in [0.25, 0.3) is 0 Å². The third-order valence-electron chi connectivity index (χ3n) is 5.89. The van der Waals surface area contributed by atoms with E-state index in [1.807, 2.05) is 42.8 Å². The second kappa shape index (κ2) is 10.4. The van der Waals surface area contributed by atoms with Gasteiger partial charge in [-0.25, -0.2) is 4.68 Å². The van der Waals surface area contributed by atoms with Crippen LogP contribution in [0.2, 0.25) is 10.0 Å². The Morgan fingerprint density at radius 1 is 1.00 bits per heavy atom. The Kier molecular flexibility index (Phi) is 7.43. The van der Waals surface area contributed by atoms with Crippen molar-refractivity contribution in [2.24, 2.45) is 0 Å². The number of amides is 1. The lowest BCUT2D eigenvalue weighted by Crippen LogP contribution is -2.15. The van der Waals surface area contributed by atoms with Crippen molar-refractivity contribution < 1.29 is 9.53 Å². The normalized spacial score (nSPS) is 11.5. The van der Waals surface area contributed by atoms with Crippen LogP contribution in [0.15, 0.2) is 54.7 Å². The first-order valence-electron chi connectivity index (χ1n) is 11.6. The van der Waals surface area contributed by atoms with Crippen molar-refractivity contribution in [3.05, 3.63) is 93.0 Å². The van der Waals surface area contributed by atoms with Gasteiger partial charge in [-0.2, -0.15) is 10.2 Å². The molecule has 0 bridgehead atoms. The standard InChI is InChI=1S/C27H29Cl2N5O2/c1-17-25(18(2)34(31-17)15-19-6-11-22(28)23(29)14-19)30-26(35)24-12-13-33(32-24)16-36-21-9-7-20(8-10-21)27(3,4)5/h6-14H,15-16H2,1-5H3,(H,30,35). The predicted octanol–water partition coefficient (Wildman–Crippen LogP) is 6.64. The molecular weight excluding hydrogens is 497 g/mol. The van der Waals surface area contributed by atoms with Gasteiger partial charge in [0.1, 0.15) is 5.75 Å². The van der Waals surface area contributed by atoms with Crippen molar-refractivity contribution in [1.82, 2.24) is 19.6 Å². The molecule has 9 heteroatoms. The molecule has 2 heterocycles. The number of nitrogens with one attached hydrogen (secondary N) is 1. The van der Waals surface area contributed by atoms with Gasteiger partial charge in [0.05, 0.1) is 33.7 Å². The molecule has 4 rings (SSSR count). The molecule has 188 valence electrons. The second-order valence-electron chi connectivity index (χ2n) is 9.69. The summed E-state index contributed by atoms with van der Waals surface area (Å²) in [6, 6.07) is 15.1. The maximum Gasteiger partial charge on any atom is 0.276 e. The molecule has 1 N–H and O–H groups in total. The van der Waals surface area contributed by atoms with Gasteiger partial charge in [-0.05, 0) is 60.7 Å². The summed E-state index contributed by atoms with van der Waals surface area (Å²) in [4.78, 5) is 12.9. The molecule has 0 atom stereocenters. The van der Waals surface area contributed by atoms with E-state index in [1.165, 1.54) is 5.56 Å². The van der Waals surface area contributed by atoms with Gasteiger partial charge < -0.3 is 10.1 Å². The van der Waals surface area contributed by atoms with Crippen LogP contribution in [0.3, 0.4) is 0 Å². The van der Waals surface area contributed by atoms with Crippen LogP contribution in [0, 0.1) is 13.8 Å². The lowest BCUT2D eigenvalue weighted by atomic mass is 9.87. The minimum absolute atomic E-state index is 0.0829. The lowest BCUT2D eigenvalue weighted by Gasteiger charge is -2.19. The number of benzene rings is 2. The van der Waals surface area contributed by atoms with Crippen molar-refractivity contribution >= 4 is 34.8 Å². The summed E-state index contributed by atoms with van der Waals surface area (Å²) >= 11 is 12.2. The maximum absolute atomic E-state index is 12.9. The van der Waals surface area contributed by atoms with Crippen LogP contribution >= 0.6 is 23.2 Å². The summed E-state index contributed by atoms with van der Waals surface area (Å²) < 4.78 is 9.23. The molecule has 0 saturated heterocycles. The van der Waals surface area contributed by atoms with E-state index in [1.54, 1.807) is 23.0 Å². The fourth-order valence-electron chi connectivity index (χ4n) is 3.77. The van der Waals surface area contributed by atoms with E-state index in [9.17, 15) is 4.79 Å². The minimum atomic E-state index is -0.316. The molecule has 36 heavy (non-hydrogen) atoms. The zero-order chi connectivity index (χ0) is 26.0. The number of carbonyl (C=O) groups is 1.